The minimum atomic E-state index is 0.370. The lowest BCUT2D eigenvalue weighted by Crippen LogP contribution is -2.09. The molecule has 0 rings (SSSR count). The highest BCUT2D eigenvalue weighted by Gasteiger charge is 1.88. The van der Waals surface area contributed by atoms with Gasteiger partial charge in [0, 0.05) is 18.6 Å². The van der Waals surface area contributed by atoms with Crippen LogP contribution in [0.3, 0.4) is 0 Å². The molecule has 0 saturated heterocycles. The van der Waals surface area contributed by atoms with Crippen molar-refractivity contribution in [2.45, 2.75) is 0 Å². The first-order valence-corrected chi connectivity index (χ1v) is 4.07. The van der Waals surface area contributed by atoms with Crippen LogP contribution in [0.25, 0.3) is 10.4 Å². The van der Waals surface area contributed by atoms with Gasteiger partial charge in [0.2, 0.25) is 0 Å². The van der Waals surface area contributed by atoms with E-state index in [1.165, 1.54) is 0 Å². The molecule has 0 bridgehead atoms. The van der Waals surface area contributed by atoms with Gasteiger partial charge < -0.3 is 14.2 Å². The number of methoxy groups -OCH3 is 1. The van der Waals surface area contributed by atoms with Gasteiger partial charge in [-0.15, -0.1) is 0 Å². The maximum atomic E-state index is 7.93. The monoisotopic (exact) mass is 189 g/mol. The topological polar surface area (TPSA) is 76.5 Å². The summed E-state index contributed by atoms with van der Waals surface area (Å²) >= 11 is 0. The molecule has 0 fully saturated rings. The minimum Gasteiger partial charge on any atom is -0.382 e. The largest absolute Gasteiger partial charge is 0.382 e. The Balaban J connectivity index is 2.87. The fraction of sp³-hybridized carbons (Fsp3) is 1.00. The number of rotatable bonds is 9. The molecule has 0 aliphatic carbocycles. The van der Waals surface area contributed by atoms with Crippen LogP contribution >= 0.6 is 0 Å². The summed E-state index contributed by atoms with van der Waals surface area (Å²) in [6.45, 7) is 3.05. The molecule has 0 heterocycles. The highest BCUT2D eigenvalue weighted by molar-refractivity contribution is 4.43. The van der Waals surface area contributed by atoms with Gasteiger partial charge in [0.1, 0.15) is 0 Å². The average molecular weight is 189 g/mol. The van der Waals surface area contributed by atoms with Crippen LogP contribution in [0.15, 0.2) is 5.11 Å². The van der Waals surface area contributed by atoms with Crippen molar-refractivity contribution in [3.63, 3.8) is 0 Å². The molecule has 0 radical (unpaired) electrons. The standard InChI is InChI=1S/C7H15N3O3/c1-11-4-5-13-7-6-12-3-2-9-10-8/h2-7H2,1H3. The third-order valence-corrected chi connectivity index (χ3v) is 1.20. The average Bonchev–Trinajstić information content (AvgIpc) is 2.16. The first-order valence-electron chi connectivity index (χ1n) is 4.07. The van der Waals surface area contributed by atoms with E-state index in [1.54, 1.807) is 7.11 Å². The maximum Gasteiger partial charge on any atom is 0.0701 e. The van der Waals surface area contributed by atoms with Crippen molar-refractivity contribution in [1.29, 1.82) is 0 Å². The van der Waals surface area contributed by atoms with Crippen LogP contribution in [0, 0.1) is 0 Å². The molecule has 76 valence electrons. The fourth-order valence-corrected chi connectivity index (χ4v) is 0.614. The van der Waals surface area contributed by atoms with E-state index < -0.39 is 0 Å². The summed E-state index contributed by atoms with van der Waals surface area (Å²) in [6, 6.07) is 0. The molecule has 0 N–H and O–H groups in total. The molecule has 0 aliphatic rings. The normalized spacial score (nSPS) is 9.62. The second-order valence-electron chi connectivity index (χ2n) is 2.17. The van der Waals surface area contributed by atoms with Gasteiger partial charge in [0.25, 0.3) is 0 Å². The lowest BCUT2D eigenvalue weighted by atomic mass is 10.7. The van der Waals surface area contributed by atoms with Gasteiger partial charge in [-0.2, -0.15) is 0 Å². The zero-order valence-electron chi connectivity index (χ0n) is 7.81. The highest BCUT2D eigenvalue weighted by Crippen LogP contribution is 1.80. The lowest BCUT2D eigenvalue weighted by molar-refractivity contribution is 0.0267. The Hall–Kier alpha value is -0.810. The van der Waals surface area contributed by atoms with E-state index in [4.69, 9.17) is 19.7 Å². The fourth-order valence-electron chi connectivity index (χ4n) is 0.614. The zero-order valence-corrected chi connectivity index (χ0v) is 7.81. The van der Waals surface area contributed by atoms with E-state index in [0.717, 1.165) is 0 Å². The Morgan fingerprint density at radius 1 is 1.08 bits per heavy atom. The molecule has 0 saturated carbocycles. The third kappa shape index (κ3) is 11.2. The van der Waals surface area contributed by atoms with Crippen molar-refractivity contribution < 1.29 is 14.2 Å². The summed E-state index contributed by atoms with van der Waals surface area (Å²) in [7, 11) is 1.62. The third-order valence-electron chi connectivity index (χ3n) is 1.20. The lowest BCUT2D eigenvalue weighted by Gasteiger charge is -2.03. The quantitative estimate of drug-likeness (QED) is 0.235. The van der Waals surface area contributed by atoms with Gasteiger partial charge in [-0.05, 0) is 5.53 Å². The molecule has 13 heavy (non-hydrogen) atoms. The van der Waals surface area contributed by atoms with Crippen LogP contribution in [-0.4, -0.2) is 46.7 Å². The molecule has 0 atom stereocenters. The second-order valence-corrected chi connectivity index (χ2v) is 2.17. The van der Waals surface area contributed by atoms with E-state index in [2.05, 4.69) is 10.0 Å². The predicted molar refractivity (Wildman–Crippen MR) is 47.5 cm³/mol. The highest BCUT2D eigenvalue weighted by atomic mass is 16.5. The van der Waals surface area contributed by atoms with Gasteiger partial charge in [0.15, 0.2) is 0 Å². The van der Waals surface area contributed by atoms with Gasteiger partial charge in [-0.1, -0.05) is 5.11 Å². The Morgan fingerprint density at radius 2 is 1.69 bits per heavy atom. The molecule has 0 aliphatic heterocycles. The summed E-state index contributed by atoms with van der Waals surface area (Å²) in [5.74, 6) is 0. The molecule has 6 nitrogen and oxygen atoms in total. The van der Waals surface area contributed by atoms with Crippen LogP contribution in [0.4, 0.5) is 0 Å². The van der Waals surface area contributed by atoms with Crippen molar-refractivity contribution in [2.24, 2.45) is 5.11 Å². The van der Waals surface area contributed by atoms with E-state index in [1.807, 2.05) is 0 Å². The van der Waals surface area contributed by atoms with Crippen LogP contribution in [0.5, 0.6) is 0 Å². The first kappa shape index (κ1) is 12.2. The molecule has 0 aromatic rings. The van der Waals surface area contributed by atoms with Crippen LogP contribution in [-0.2, 0) is 14.2 Å². The maximum absolute atomic E-state index is 7.93. The van der Waals surface area contributed by atoms with Crippen LogP contribution in [0.2, 0.25) is 0 Å². The molecule has 0 unspecified atom stereocenters. The number of ether oxygens (including phenoxy) is 3. The van der Waals surface area contributed by atoms with Gasteiger partial charge >= 0.3 is 0 Å². The molecule has 0 aromatic carbocycles. The molecule has 0 aromatic heterocycles. The van der Waals surface area contributed by atoms with Gasteiger partial charge in [-0.25, -0.2) is 0 Å². The Morgan fingerprint density at radius 3 is 2.31 bits per heavy atom. The Bertz CT molecular complexity index is 148. The van der Waals surface area contributed by atoms with Crippen molar-refractivity contribution in [3.8, 4) is 0 Å². The molecule has 6 heteroatoms. The summed E-state index contributed by atoms with van der Waals surface area (Å²) in [6.07, 6.45) is 0. The van der Waals surface area contributed by atoms with E-state index in [-0.39, 0.29) is 0 Å². The van der Waals surface area contributed by atoms with Crippen molar-refractivity contribution in [1.82, 2.24) is 0 Å². The van der Waals surface area contributed by atoms with E-state index >= 15 is 0 Å². The Kier molecular flexibility index (Phi) is 10.5. The summed E-state index contributed by atoms with van der Waals surface area (Å²) in [4.78, 5) is 2.59. The van der Waals surface area contributed by atoms with Gasteiger partial charge in [-0.3, -0.25) is 0 Å². The molecular weight excluding hydrogens is 174 g/mol. The van der Waals surface area contributed by atoms with Crippen LogP contribution in [0.1, 0.15) is 0 Å². The summed E-state index contributed by atoms with van der Waals surface area (Å²) in [5.41, 5.74) is 7.93. The van der Waals surface area contributed by atoms with Crippen molar-refractivity contribution in [3.05, 3.63) is 10.4 Å². The van der Waals surface area contributed by atoms with E-state index in [0.29, 0.717) is 39.6 Å². The number of hydrogen-bond donors (Lipinski definition) is 0. The number of hydrogen-bond acceptors (Lipinski definition) is 4. The van der Waals surface area contributed by atoms with E-state index in [9.17, 15) is 0 Å². The number of azide groups is 1. The molecule has 0 spiro atoms. The molecule has 0 amide bonds. The zero-order chi connectivity index (χ0) is 9.78. The van der Waals surface area contributed by atoms with Gasteiger partial charge in [0.05, 0.1) is 33.0 Å². The van der Waals surface area contributed by atoms with Crippen molar-refractivity contribution in [2.75, 3.05) is 46.7 Å². The predicted octanol–water partition coefficient (Wildman–Crippen LogP) is 0.976. The first-order chi connectivity index (χ1) is 6.41. The SMILES string of the molecule is COCCOCCOCCN=[N+]=[N-]. The van der Waals surface area contributed by atoms with Crippen molar-refractivity contribution >= 4 is 0 Å². The number of nitrogens with zero attached hydrogens (tertiary/aromatic N) is 3. The van der Waals surface area contributed by atoms with Crippen LogP contribution < -0.4 is 0 Å². The smallest absolute Gasteiger partial charge is 0.0701 e. The second kappa shape index (κ2) is 11.2. The molecular formula is C7H15N3O3. The summed E-state index contributed by atoms with van der Waals surface area (Å²) < 4.78 is 15.0. The summed E-state index contributed by atoms with van der Waals surface area (Å²) in [5, 5.41) is 3.31. The Labute approximate surface area is 77.4 Å². The minimum absolute atomic E-state index is 0.370.